The molecule has 4 rings (SSSR count). The van der Waals surface area contributed by atoms with Crippen molar-refractivity contribution in [2.45, 2.75) is 102 Å². The van der Waals surface area contributed by atoms with E-state index in [1.54, 1.807) is 6.07 Å². The van der Waals surface area contributed by atoms with Gasteiger partial charge in [-0.3, -0.25) is 0 Å². The molecule has 2 heterocycles. The Morgan fingerprint density at radius 2 is 1.28 bits per heavy atom. The minimum atomic E-state index is -0.860. The van der Waals surface area contributed by atoms with Crippen molar-refractivity contribution < 1.29 is 19.7 Å². The molecule has 2 N–H and O–H groups in total. The number of nitrogens with zero attached hydrogens (tertiary/aromatic N) is 4. The van der Waals surface area contributed by atoms with E-state index in [1.165, 1.54) is 43.5 Å². The van der Waals surface area contributed by atoms with Crippen LogP contribution in [0.25, 0.3) is 22.5 Å². The van der Waals surface area contributed by atoms with Crippen molar-refractivity contribution >= 4 is 56.0 Å². The van der Waals surface area contributed by atoms with Gasteiger partial charge in [0.2, 0.25) is 5.24 Å². The molecule has 0 spiro atoms. The zero-order valence-electron chi connectivity index (χ0n) is 29.1. The molecule has 2 aromatic carbocycles. The number of aliphatic hydroxyl groups excluding tert-OH is 1. The largest absolute Gasteiger partial charge is 0.416 e. The van der Waals surface area contributed by atoms with Gasteiger partial charge in [0.25, 0.3) is 0 Å². The molecule has 0 fully saturated rings. The summed E-state index contributed by atoms with van der Waals surface area (Å²) in [7, 11) is -0.860. The van der Waals surface area contributed by atoms with Crippen molar-refractivity contribution in [2.75, 3.05) is 5.75 Å². The van der Waals surface area contributed by atoms with Gasteiger partial charge in [0.1, 0.15) is 11.4 Å². The maximum absolute atomic E-state index is 12.1. The minimum absolute atomic E-state index is 0.151. The van der Waals surface area contributed by atoms with E-state index in [9.17, 15) is 15.0 Å². The van der Waals surface area contributed by atoms with E-state index in [0.717, 1.165) is 66.7 Å². The SMILES string of the molecule is CCCCC(CCC)S(=C(O)O)c1cc(Cl)nnc1-c1ccccc1.CCCCCCCCSC(=O)Oc1cc(Cl)nnc1-c1ccccc1. The number of carbonyl (C=O) groups excluding carboxylic acids is 1. The molecule has 0 saturated carbocycles. The molecule has 0 aliphatic rings. The first kappa shape index (κ1) is 41.6. The number of unbranched alkanes of at least 4 members (excludes halogenated alkanes) is 6. The summed E-state index contributed by atoms with van der Waals surface area (Å²) in [5, 5.41) is 36.1. The number of rotatable bonds is 17. The zero-order valence-corrected chi connectivity index (χ0v) is 32.2. The maximum atomic E-state index is 12.1. The van der Waals surface area contributed by atoms with Gasteiger partial charge in [0, 0.05) is 33.1 Å². The van der Waals surface area contributed by atoms with Crippen LogP contribution in [0.15, 0.2) is 77.7 Å². The summed E-state index contributed by atoms with van der Waals surface area (Å²) in [6, 6.07) is 22.4. The van der Waals surface area contributed by atoms with Gasteiger partial charge in [-0.05, 0) is 37.1 Å². The van der Waals surface area contributed by atoms with E-state index in [4.69, 9.17) is 27.9 Å². The Morgan fingerprint density at radius 3 is 1.88 bits per heavy atom. The van der Waals surface area contributed by atoms with Gasteiger partial charge < -0.3 is 14.9 Å². The number of ether oxygens (including phenoxy) is 1. The van der Waals surface area contributed by atoms with Crippen LogP contribution in [0, 0.1) is 0 Å². The van der Waals surface area contributed by atoms with Gasteiger partial charge in [-0.1, -0.05) is 166 Å². The van der Waals surface area contributed by atoms with Crippen molar-refractivity contribution in [3.05, 3.63) is 83.1 Å². The number of halogens is 2. The van der Waals surface area contributed by atoms with Crippen LogP contribution in [0.5, 0.6) is 5.75 Å². The summed E-state index contributed by atoms with van der Waals surface area (Å²) in [4.78, 5) is 12.8. The molecule has 8 nitrogen and oxygen atoms in total. The van der Waals surface area contributed by atoms with Gasteiger partial charge in [0.15, 0.2) is 16.1 Å². The van der Waals surface area contributed by atoms with Crippen molar-refractivity contribution in [3.63, 3.8) is 0 Å². The van der Waals surface area contributed by atoms with Crippen LogP contribution in [0.4, 0.5) is 4.79 Å². The summed E-state index contributed by atoms with van der Waals surface area (Å²) < 4.78 is 5.46. The van der Waals surface area contributed by atoms with Crippen molar-refractivity contribution in [1.82, 2.24) is 20.4 Å². The van der Waals surface area contributed by atoms with Crippen LogP contribution in [0.1, 0.15) is 91.4 Å². The third-order valence-electron chi connectivity index (χ3n) is 7.72. The Labute approximate surface area is 313 Å². The number of benzene rings is 2. The standard InChI is InChI=1S/C19H25ClN2O2S.C19H23ClN2O2S/c1-3-5-12-15(9-4-2)25(19(23)24)16-13-17(20)21-22-18(16)14-10-7-6-8-11-14;1-2-3-4-5-6-10-13-25-19(23)24-16-14-17(20)21-22-18(16)15-11-8-7-9-12-15/h6-8,10-11,13,15,23-24H,3-5,9,12H2,1-2H3;7-9,11-12,14H,2-6,10,13H2,1H3. The molecular weight excluding hydrogens is 711 g/mol. The Kier molecular flexibility index (Phi) is 19.6. The van der Waals surface area contributed by atoms with Gasteiger partial charge in [-0.2, -0.15) is 0 Å². The summed E-state index contributed by atoms with van der Waals surface area (Å²) in [6.45, 7) is 6.46. The molecule has 2 aromatic heterocycles. The normalized spacial score (nSPS) is 12.1. The number of aliphatic hydroxyl groups is 2. The lowest BCUT2D eigenvalue weighted by Gasteiger charge is -2.23. The quantitative estimate of drug-likeness (QED) is 0.0616. The van der Waals surface area contributed by atoms with E-state index >= 15 is 0 Å². The molecule has 4 aromatic rings. The number of thioether (sulfide) groups is 1. The maximum Gasteiger partial charge on any atom is 0.372 e. The molecule has 2 unspecified atom stereocenters. The first-order valence-electron chi connectivity index (χ1n) is 17.3. The highest BCUT2D eigenvalue weighted by Crippen LogP contribution is 2.42. The third kappa shape index (κ3) is 14.0. The summed E-state index contributed by atoms with van der Waals surface area (Å²) >= 11 is 13.2. The number of hydrogen-bond acceptors (Lipinski definition) is 7. The predicted octanol–water partition coefficient (Wildman–Crippen LogP) is 12.4. The third-order valence-corrected chi connectivity index (χ3v) is 11.2. The Morgan fingerprint density at radius 1 is 0.720 bits per heavy atom. The lowest BCUT2D eigenvalue weighted by molar-refractivity contribution is 0.227. The highest BCUT2D eigenvalue weighted by molar-refractivity contribution is 8.16. The lowest BCUT2D eigenvalue weighted by atomic mass is 10.1. The average molecular weight is 760 g/mol. The van der Waals surface area contributed by atoms with Crippen molar-refractivity contribution in [1.29, 1.82) is 0 Å². The molecule has 270 valence electrons. The van der Waals surface area contributed by atoms with E-state index in [0.29, 0.717) is 17.1 Å². The molecule has 0 bridgehead atoms. The highest BCUT2D eigenvalue weighted by Gasteiger charge is 2.22. The zero-order chi connectivity index (χ0) is 36.1. The van der Waals surface area contributed by atoms with Crippen LogP contribution >= 0.6 is 45.4 Å². The second kappa shape index (κ2) is 23.6. The molecule has 0 saturated heterocycles. The summed E-state index contributed by atoms with van der Waals surface area (Å²) in [5.74, 6) is 1.10. The Balaban J connectivity index is 0.000000270. The van der Waals surface area contributed by atoms with Crippen LogP contribution < -0.4 is 4.74 Å². The lowest BCUT2D eigenvalue weighted by Crippen LogP contribution is -2.12. The van der Waals surface area contributed by atoms with Crippen molar-refractivity contribution in [2.24, 2.45) is 0 Å². The predicted molar refractivity (Wildman–Crippen MR) is 211 cm³/mol. The van der Waals surface area contributed by atoms with Crippen LogP contribution in [0.3, 0.4) is 0 Å². The molecule has 2 atom stereocenters. The molecule has 0 radical (unpaired) electrons. The van der Waals surface area contributed by atoms with Crippen LogP contribution in [0.2, 0.25) is 10.3 Å². The van der Waals surface area contributed by atoms with E-state index in [1.807, 2.05) is 60.7 Å². The van der Waals surface area contributed by atoms with Gasteiger partial charge in [-0.15, -0.1) is 20.4 Å². The fourth-order valence-electron chi connectivity index (χ4n) is 5.26. The second-order valence-electron chi connectivity index (χ2n) is 11.6. The van der Waals surface area contributed by atoms with Gasteiger partial charge in [0.05, 0.1) is 0 Å². The number of hydrogen-bond donors (Lipinski definition) is 2. The molecule has 0 aliphatic heterocycles. The topological polar surface area (TPSA) is 118 Å². The molecular formula is C38H48Cl2N4O4S2. The summed E-state index contributed by atoms with van der Waals surface area (Å²) in [6.07, 6.45) is 12.2. The first-order valence-corrected chi connectivity index (χ1v) is 20.3. The summed E-state index contributed by atoms with van der Waals surface area (Å²) in [5.41, 5.74) is 2.89. The monoisotopic (exact) mass is 758 g/mol. The van der Waals surface area contributed by atoms with Crippen LogP contribution in [-0.4, -0.2) is 52.1 Å². The average Bonchev–Trinajstić information content (AvgIpc) is 3.11. The highest BCUT2D eigenvalue weighted by atomic mass is 35.5. The number of aromatic nitrogens is 4. The fraction of sp³-hybridized carbons (Fsp3) is 0.421. The first-order chi connectivity index (χ1) is 24.3. The fourth-order valence-corrected chi connectivity index (χ4v) is 8.61. The smallest absolute Gasteiger partial charge is 0.372 e. The molecule has 12 heteroatoms. The van der Waals surface area contributed by atoms with Crippen molar-refractivity contribution in [3.8, 4) is 28.3 Å². The van der Waals surface area contributed by atoms with Gasteiger partial charge in [-0.25, -0.2) is 4.79 Å². The number of carbonyl (C=O) groups is 1. The molecule has 50 heavy (non-hydrogen) atoms. The molecule has 0 aliphatic carbocycles. The second-order valence-corrected chi connectivity index (χ2v) is 15.6. The Bertz CT molecular complexity index is 1630. The van der Waals surface area contributed by atoms with E-state index in [2.05, 4.69) is 41.2 Å². The Hall–Kier alpha value is -2.86. The van der Waals surface area contributed by atoms with E-state index < -0.39 is 15.7 Å². The van der Waals surface area contributed by atoms with Crippen LogP contribution in [-0.2, 0) is 0 Å². The van der Waals surface area contributed by atoms with E-state index in [-0.39, 0.29) is 20.9 Å². The van der Waals surface area contributed by atoms with Gasteiger partial charge >= 0.3 is 5.30 Å². The minimum Gasteiger partial charge on any atom is -0.416 e. The molecule has 0 amide bonds.